The topological polar surface area (TPSA) is 114 Å². The van der Waals surface area contributed by atoms with Gasteiger partial charge < -0.3 is 10.2 Å². The Balaban J connectivity index is 2.24. The van der Waals surface area contributed by atoms with Crippen LogP contribution in [0.25, 0.3) is 11.0 Å². The molecule has 0 spiro atoms. The lowest BCUT2D eigenvalue weighted by molar-refractivity contribution is -0.383. The molecule has 1 N–H and O–H groups in total. The highest BCUT2D eigenvalue weighted by molar-refractivity contribution is 5.94. The van der Waals surface area contributed by atoms with Gasteiger partial charge in [-0.15, -0.1) is 0 Å². The molecule has 0 atom stereocenters. The summed E-state index contributed by atoms with van der Waals surface area (Å²) in [5, 5.41) is 20.9. The summed E-state index contributed by atoms with van der Waals surface area (Å²) >= 11 is 0. The number of nitro benzene ring substituents is 1. The molecule has 20 heavy (non-hydrogen) atoms. The number of nitrogens with zero attached hydrogens (tertiary/aromatic N) is 4. The second kappa shape index (κ2) is 5.51. The van der Waals surface area contributed by atoms with Crippen molar-refractivity contribution < 1.29 is 14.3 Å². The van der Waals surface area contributed by atoms with Crippen molar-refractivity contribution in [2.75, 3.05) is 25.5 Å². The monoisotopic (exact) mass is 279 g/mol. The van der Waals surface area contributed by atoms with E-state index in [-0.39, 0.29) is 29.2 Å². The maximum absolute atomic E-state index is 11.7. The first kappa shape index (κ1) is 13.7. The number of aromatic nitrogens is 2. The maximum atomic E-state index is 11.7. The highest BCUT2D eigenvalue weighted by Crippen LogP contribution is 2.28. The van der Waals surface area contributed by atoms with Crippen molar-refractivity contribution in [3.8, 4) is 0 Å². The summed E-state index contributed by atoms with van der Waals surface area (Å²) in [7, 11) is 1.69. The second-order valence-corrected chi connectivity index (χ2v) is 4.11. The van der Waals surface area contributed by atoms with Crippen molar-refractivity contribution in [2.45, 2.75) is 6.92 Å². The molecule has 0 bridgehead atoms. The van der Waals surface area contributed by atoms with E-state index in [1.165, 1.54) is 12.1 Å². The van der Waals surface area contributed by atoms with Crippen LogP contribution in [-0.4, -0.2) is 46.2 Å². The fourth-order valence-electron chi connectivity index (χ4n) is 1.63. The van der Waals surface area contributed by atoms with Crippen molar-refractivity contribution >= 4 is 28.3 Å². The van der Waals surface area contributed by atoms with E-state index in [9.17, 15) is 14.9 Å². The number of nitrogens with one attached hydrogen (secondary N) is 1. The van der Waals surface area contributed by atoms with E-state index < -0.39 is 4.92 Å². The van der Waals surface area contributed by atoms with Gasteiger partial charge in [0.05, 0.1) is 17.2 Å². The molecule has 1 heterocycles. The zero-order valence-corrected chi connectivity index (χ0v) is 11.0. The van der Waals surface area contributed by atoms with Crippen LogP contribution >= 0.6 is 0 Å². The third kappa shape index (κ3) is 2.51. The lowest BCUT2D eigenvalue weighted by Crippen LogP contribution is -2.31. The zero-order chi connectivity index (χ0) is 14.7. The van der Waals surface area contributed by atoms with Crippen molar-refractivity contribution in [1.82, 2.24) is 15.2 Å². The average molecular weight is 279 g/mol. The van der Waals surface area contributed by atoms with Crippen LogP contribution < -0.4 is 5.32 Å². The van der Waals surface area contributed by atoms with E-state index in [1.54, 1.807) is 11.9 Å². The summed E-state index contributed by atoms with van der Waals surface area (Å²) in [4.78, 5) is 23.5. The molecule has 1 aromatic heterocycles. The molecule has 0 aliphatic heterocycles. The molecular weight excluding hydrogens is 266 g/mol. The largest absolute Gasteiger partial charge is 0.374 e. The Morgan fingerprint density at radius 2 is 2.15 bits per heavy atom. The summed E-state index contributed by atoms with van der Waals surface area (Å²) in [6.45, 7) is 2.52. The number of nitro groups is 1. The minimum Gasteiger partial charge on any atom is -0.374 e. The molecular formula is C11H13N5O4. The van der Waals surface area contributed by atoms with Crippen molar-refractivity contribution in [3.05, 3.63) is 22.2 Å². The lowest BCUT2D eigenvalue weighted by Gasteiger charge is -2.15. The number of carbonyl (C=O) groups is 1. The molecule has 2 rings (SSSR count). The van der Waals surface area contributed by atoms with Gasteiger partial charge in [0.1, 0.15) is 0 Å². The third-order valence-corrected chi connectivity index (χ3v) is 2.92. The Morgan fingerprint density at radius 3 is 2.80 bits per heavy atom. The van der Waals surface area contributed by atoms with Gasteiger partial charge in [-0.25, -0.2) is 4.63 Å². The minimum absolute atomic E-state index is 0.0521. The first-order valence-electron chi connectivity index (χ1n) is 5.92. The fourth-order valence-corrected chi connectivity index (χ4v) is 1.63. The number of hydrogen-bond acceptors (Lipinski definition) is 7. The van der Waals surface area contributed by atoms with Crippen LogP contribution in [-0.2, 0) is 4.79 Å². The number of fused-ring (bicyclic) bond motifs is 1. The summed E-state index contributed by atoms with van der Waals surface area (Å²) in [5.41, 5.74) is 0.552. The van der Waals surface area contributed by atoms with Crippen molar-refractivity contribution in [1.29, 1.82) is 0 Å². The van der Waals surface area contributed by atoms with Crippen LogP contribution in [0.4, 0.5) is 11.4 Å². The van der Waals surface area contributed by atoms with Gasteiger partial charge in [0.25, 0.3) is 0 Å². The van der Waals surface area contributed by atoms with Crippen LogP contribution in [0.5, 0.6) is 0 Å². The number of anilines is 1. The molecule has 0 radical (unpaired) electrons. The maximum Gasteiger partial charge on any atom is 0.300 e. The number of rotatable bonds is 5. The predicted octanol–water partition coefficient (Wildman–Crippen LogP) is 1.02. The van der Waals surface area contributed by atoms with E-state index in [0.29, 0.717) is 12.2 Å². The molecule has 1 aromatic carbocycles. The Hall–Kier alpha value is -2.71. The summed E-state index contributed by atoms with van der Waals surface area (Å²) < 4.78 is 4.53. The van der Waals surface area contributed by atoms with Crippen LogP contribution in [0.3, 0.4) is 0 Å². The smallest absolute Gasteiger partial charge is 0.300 e. The lowest BCUT2D eigenvalue weighted by atomic mass is 10.2. The van der Waals surface area contributed by atoms with E-state index >= 15 is 0 Å². The number of carbonyl (C=O) groups excluding carboxylic acids is 1. The van der Waals surface area contributed by atoms with Gasteiger partial charge >= 0.3 is 5.69 Å². The Morgan fingerprint density at radius 1 is 1.45 bits per heavy atom. The Kier molecular flexibility index (Phi) is 3.78. The van der Waals surface area contributed by atoms with Crippen LogP contribution in [0.2, 0.25) is 0 Å². The molecule has 0 saturated heterocycles. The number of benzene rings is 1. The first-order valence-corrected chi connectivity index (χ1v) is 5.92. The molecule has 9 nitrogen and oxygen atoms in total. The molecule has 0 aliphatic carbocycles. The first-order chi connectivity index (χ1) is 9.54. The van der Waals surface area contributed by atoms with Gasteiger partial charge in [-0.05, 0) is 23.3 Å². The van der Waals surface area contributed by atoms with Crippen LogP contribution in [0, 0.1) is 10.1 Å². The third-order valence-electron chi connectivity index (χ3n) is 2.92. The summed E-state index contributed by atoms with van der Waals surface area (Å²) in [6.07, 6.45) is 0. The quantitative estimate of drug-likeness (QED) is 0.641. The van der Waals surface area contributed by atoms with Gasteiger partial charge in [-0.2, -0.15) is 0 Å². The van der Waals surface area contributed by atoms with Gasteiger partial charge in [0.15, 0.2) is 5.52 Å². The molecule has 0 saturated carbocycles. The highest BCUT2D eigenvalue weighted by atomic mass is 16.6. The Bertz CT molecular complexity index is 653. The number of amides is 1. The molecule has 1 amide bonds. The SMILES string of the molecule is CCN(C)C(=O)CNc1ccc([N+](=O)[O-])c2nonc12. The summed E-state index contributed by atoms with van der Waals surface area (Å²) in [5.74, 6) is -0.101. The van der Waals surface area contributed by atoms with Crippen LogP contribution in [0.1, 0.15) is 6.92 Å². The van der Waals surface area contributed by atoms with E-state index in [1.807, 2.05) is 6.92 Å². The van der Waals surface area contributed by atoms with Gasteiger partial charge in [0.2, 0.25) is 11.4 Å². The van der Waals surface area contributed by atoms with Crippen molar-refractivity contribution in [3.63, 3.8) is 0 Å². The number of hydrogen-bond donors (Lipinski definition) is 1. The molecule has 0 aliphatic rings. The molecule has 0 unspecified atom stereocenters. The normalized spacial score (nSPS) is 10.5. The standard InChI is InChI=1S/C11H13N5O4/c1-3-15(2)9(17)6-12-7-4-5-8(16(18)19)11-10(7)13-20-14-11/h4-5,12H,3,6H2,1-2H3. The van der Waals surface area contributed by atoms with Gasteiger partial charge in [-0.3, -0.25) is 14.9 Å². The van der Waals surface area contributed by atoms with E-state index in [4.69, 9.17) is 0 Å². The van der Waals surface area contributed by atoms with E-state index in [0.717, 1.165) is 0 Å². The average Bonchev–Trinajstić information content (AvgIpc) is 2.92. The Labute approximate surface area is 113 Å². The van der Waals surface area contributed by atoms with Gasteiger partial charge in [0, 0.05) is 19.7 Å². The number of non-ortho nitro benzene ring substituents is 1. The zero-order valence-electron chi connectivity index (χ0n) is 11.0. The molecule has 2 aromatic rings. The van der Waals surface area contributed by atoms with Gasteiger partial charge in [-0.1, -0.05) is 0 Å². The predicted molar refractivity (Wildman–Crippen MR) is 70.3 cm³/mol. The molecule has 0 fully saturated rings. The molecule has 9 heteroatoms. The van der Waals surface area contributed by atoms with E-state index in [2.05, 4.69) is 20.3 Å². The number of likely N-dealkylation sites (N-methyl/N-ethyl adjacent to an activating group) is 1. The fraction of sp³-hybridized carbons (Fsp3) is 0.364. The highest BCUT2D eigenvalue weighted by Gasteiger charge is 2.19. The minimum atomic E-state index is -0.563. The molecule has 106 valence electrons. The second-order valence-electron chi connectivity index (χ2n) is 4.11. The van der Waals surface area contributed by atoms with Crippen molar-refractivity contribution in [2.24, 2.45) is 0 Å². The van der Waals surface area contributed by atoms with Crippen LogP contribution in [0.15, 0.2) is 16.8 Å². The summed E-state index contributed by atoms with van der Waals surface area (Å²) in [6, 6.07) is 2.77.